The van der Waals surface area contributed by atoms with E-state index in [1.165, 1.54) is 0 Å². The van der Waals surface area contributed by atoms with Crippen molar-refractivity contribution in [1.82, 2.24) is 9.88 Å². The van der Waals surface area contributed by atoms with Crippen LogP contribution in [0.5, 0.6) is 5.75 Å². The Morgan fingerprint density at radius 1 is 1.30 bits per heavy atom. The summed E-state index contributed by atoms with van der Waals surface area (Å²) in [5.74, 6) is -0.685. The number of aromatic hydroxyl groups is 1. The van der Waals surface area contributed by atoms with Crippen LogP contribution in [0.3, 0.4) is 0 Å². The lowest BCUT2D eigenvalue weighted by Crippen LogP contribution is -2.29. The number of rotatable bonds is 3. The minimum atomic E-state index is -1.21. The normalized spacial score (nSPS) is 18.7. The average Bonchev–Trinajstić information content (AvgIpc) is 3.11. The summed E-state index contributed by atoms with van der Waals surface area (Å²) in [4.78, 5) is 24.2. The molecule has 2 aromatic heterocycles. The highest BCUT2D eigenvalue weighted by Gasteiger charge is 2.29. The molecule has 140 valence electrons. The molecule has 0 aliphatic carbocycles. The Balaban J connectivity index is 1.74. The summed E-state index contributed by atoms with van der Waals surface area (Å²) >= 11 is 0. The summed E-state index contributed by atoms with van der Waals surface area (Å²) in [5.41, 5.74) is 1.32. The molecule has 27 heavy (non-hydrogen) atoms. The van der Waals surface area contributed by atoms with E-state index >= 15 is 0 Å². The number of pyridine rings is 1. The summed E-state index contributed by atoms with van der Waals surface area (Å²) in [7, 11) is 2.03. The fraction of sp³-hybridized carbons (Fsp3) is 0.316. The predicted octanol–water partition coefficient (Wildman–Crippen LogP) is 2.48. The smallest absolute Gasteiger partial charge is 0.345 e. The average molecular weight is 368 g/mol. The van der Waals surface area contributed by atoms with Crippen LogP contribution >= 0.6 is 0 Å². The second kappa shape index (κ2) is 6.88. The van der Waals surface area contributed by atoms with E-state index in [1.54, 1.807) is 24.6 Å². The van der Waals surface area contributed by atoms with Crippen molar-refractivity contribution in [2.24, 2.45) is 4.99 Å². The lowest BCUT2D eigenvalue weighted by molar-refractivity contribution is 0.0694. The van der Waals surface area contributed by atoms with E-state index in [1.807, 2.05) is 18.0 Å². The van der Waals surface area contributed by atoms with Gasteiger partial charge in [0.2, 0.25) is 5.88 Å². The van der Waals surface area contributed by atoms with E-state index in [9.17, 15) is 15.0 Å². The van der Waals surface area contributed by atoms with Gasteiger partial charge < -0.3 is 24.4 Å². The van der Waals surface area contributed by atoms with Crippen molar-refractivity contribution in [3.8, 4) is 5.75 Å². The second-order valence-corrected chi connectivity index (χ2v) is 6.68. The lowest BCUT2D eigenvalue weighted by Gasteiger charge is -2.20. The molecule has 2 aliphatic heterocycles. The van der Waals surface area contributed by atoms with E-state index in [0.29, 0.717) is 24.5 Å². The molecule has 0 radical (unpaired) electrons. The number of aliphatic imine (C=N–C) groups is 1. The van der Waals surface area contributed by atoms with E-state index in [0.717, 1.165) is 25.1 Å². The summed E-state index contributed by atoms with van der Waals surface area (Å²) in [6, 6.07) is 3.66. The number of aromatic nitrogens is 1. The third-order valence-electron chi connectivity index (χ3n) is 4.82. The van der Waals surface area contributed by atoms with Gasteiger partial charge in [-0.25, -0.2) is 14.8 Å². The van der Waals surface area contributed by atoms with Crippen molar-refractivity contribution < 1.29 is 19.4 Å². The van der Waals surface area contributed by atoms with E-state index in [-0.39, 0.29) is 23.0 Å². The van der Waals surface area contributed by atoms with Crippen LogP contribution in [0, 0.1) is 0 Å². The van der Waals surface area contributed by atoms with Crippen LogP contribution in [-0.4, -0.2) is 65.5 Å². The molecule has 4 heterocycles. The molecule has 0 atom stereocenters. The largest absolute Gasteiger partial charge is 0.504 e. The summed E-state index contributed by atoms with van der Waals surface area (Å²) in [6.45, 7) is 3.03. The number of carbonyl (C=O) groups is 1. The van der Waals surface area contributed by atoms with E-state index in [4.69, 9.17) is 4.42 Å². The number of hydrogen-bond acceptors (Lipinski definition) is 7. The van der Waals surface area contributed by atoms with E-state index < -0.39 is 5.97 Å². The molecule has 2 aliphatic rings. The Hall–Kier alpha value is -3.13. The Bertz CT molecular complexity index is 947. The zero-order valence-electron chi connectivity index (χ0n) is 14.9. The fourth-order valence-corrected chi connectivity index (χ4v) is 3.37. The first-order chi connectivity index (χ1) is 13.0. The molecule has 0 spiro atoms. The van der Waals surface area contributed by atoms with Crippen molar-refractivity contribution in [2.45, 2.75) is 6.42 Å². The number of hydrogen-bond donors (Lipinski definition) is 2. The van der Waals surface area contributed by atoms with Gasteiger partial charge in [-0.15, -0.1) is 0 Å². The lowest BCUT2D eigenvalue weighted by atomic mass is 10.1. The SMILES string of the molecule is CN1CCCN(c2oc(C=C3C=Nc4ncccc43)c(O)c2C(=O)O)CC1. The third kappa shape index (κ3) is 3.19. The highest BCUT2D eigenvalue weighted by Crippen LogP contribution is 2.39. The number of carboxylic acid groups (broad SMARTS) is 1. The van der Waals surface area contributed by atoms with Crippen LogP contribution in [0.4, 0.5) is 11.7 Å². The number of furan rings is 1. The molecule has 2 N–H and O–H groups in total. The maximum atomic E-state index is 11.8. The van der Waals surface area contributed by atoms with Gasteiger partial charge in [-0.3, -0.25) is 0 Å². The van der Waals surface area contributed by atoms with Gasteiger partial charge in [-0.05, 0) is 38.2 Å². The maximum absolute atomic E-state index is 11.8. The van der Waals surface area contributed by atoms with Gasteiger partial charge in [-0.2, -0.15) is 0 Å². The molecule has 8 heteroatoms. The summed E-state index contributed by atoms with van der Waals surface area (Å²) < 4.78 is 5.83. The predicted molar refractivity (Wildman–Crippen MR) is 102 cm³/mol. The second-order valence-electron chi connectivity index (χ2n) is 6.68. The molecule has 4 rings (SSSR count). The van der Waals surface area contributed by atoms with Gasteiger partial charge in [-0.1, -0.05) is 0 Å². The zero-order chi connectivity index (χ0) is 19.0. The van der Waals surface area contributed by atoms with Gasteiger partial charge in [0.05, 0.1) is 0 Å². The van der Waals surface area contributed by atoms with Gasteiger partial charge >= 0.3 is 5.97 Å². The minimum Gasteiger partial charge on any atom is -0.504 e. The van der Waals surface area contributed by atoms with Crippen molar-refractivity contribution in [2.75, 3.05) is 38.1 Å². The Morgan fingerprint density at radius 3 is 2.96 bits per heavy atom. The molecule has 0 saturated carbocycles. The number of likely N-dealkylation sites (N-methyl/N-ethyl adjacent to an activating group) is 1. The number of fused-ring (bicyclic) bond motifs is 1. The van der Waals surface area contributed by atoms with Crippen LogP contribution < -0.4 is 4.90 Å². The molecule has 0 amide bonds. The van der Waals surface area contributed by atoms with Crippen LogP contribution in [0.1, 0.15) is 28.1 Å². The molecule has 0 aromatic carbocycles. The van der Waals surface area contributed by atoms with E-state index in [2.05, 4.69) is 14.9 Å². The van der Waals surface area contributed by atoms with Gasteiger partial charge in [0.1, 0.15) is 0 Å². The van der Waals surface area contributed by atoms with Crippen molar-refractivity contribution in [3.05, 3.63) is 35.2 Å². The van der Waals surface area contributed by atoms with Crippen LogP contribution in [0.15, 0.2) is 27.7 Å². The highest BCUT2D eigenvalue weighted by molar-refractivity contribution is 6.21. The van der Waals surface area contributed by atoms with Crippen molar-refractivity contribution in [1.29, 1.82) is 0 Å². The quantitative estimate of drug-likeness (QED) is 0.858. The Kier molecular flexibility index (Phi) is 4.41. The monoisotopic (exact) mass is 368 g/mol. The molecular weight excluding hydrogens is 348 g/mol. The number of nitrogens with zero attached hydrogens (tertiary/aromatic N) is 4. The van der Waals surface area contributed by atoms with Crippen molar-refractivity contribution >= 4 is 35.5 Å². The maximum Gasteiger partial charge on any atom is 0.345 e. The first-order valence-corrected chi connectivity index (χ1v) is 8.78. The molecule has 0 unspecified atom stereocenters. The Labute approximate surface area is 156 Å². The van der Waals surface area contributed by atoms with Gasteiger partial charge in [0.25, 0.3) is 0 Å². The van der Waals surface area contributed by atoms with Crippen molar-refractivity contribution in [3.63, 3.8) is 0 Å². The molecule has 8 nitrogen and oxygen atoms in total. The molecule has 1 saturated heterocycles. The fourth-order valence-electron chi connectivity index (χ4n) is 3.37. The van der Waals surface area contributed by atoms with Crippen LogP contribution in [-0.2, 0) is 0 Å². The standard InChI is InChI=1S/C19H20N4O4/c1-22-6-3-7-23(9-8-22)18-15(19(25)26)16(24)14(27-18)10-12-11-21-17-13(12)4-2-5-20-17/h2,4-5,10-11,24H,3,6-9H2,1H3,(H,25,26). The van der Waals surface area contributed by atoms with Gasteiger partial charge in [0, 0.05) is 43.2 Å². The number of carboxylic acids is 1. The summed E-state index contributed by atoms with van der Waals surface area (Å²) in [6.07, 6.45) is 5.77. The number of anilines is 1. The molecule has 1 fully saturated rings. The highest BCUT2D eigenvalue weighted by atomic mass is 16.4. The molecule has 0 bridgehead atoms. The number of allylic oxidation sites excluding steroid dienone is 1. The third-order valence-corrected chi connectivity index (χ3v) is 4.82. The molecule has 2 aromatic rings. The van der Waals surface area contributed by atoms with Gasteiger partial charge in [0.15, 0.2) is 22.9 Å². The molecular formula is C19H20N4O4. The first kappa shape index (κ1) is 17.3. The minimum absolute atomic E-state index is 0.109. The summed E-state index contributed by atoms with van der Waals surface area (Å²) in [5, 5.41) is 20.1. The Morgan fingerprint density at radius 2 is 2.15 bits per heavy atom. The topological polar surface area (TPSA) is 102 Å². The van der Waals surface area contributed by atoms with Crippen LogP contribution in [0.25, 0.3) is 11.6 Å². The number of aromatic carboxylic acids is 1. The van der Waals surface area contributed by atoms with Crippen LogP contribution in [0.2, 0.25) is 0 Å². The zero-order valence-corrected chi connectivity index (χ0v) is 14.9. The first-order valence-electron chi connectivity index (χ1n) is 8.78.